The standard InChI is InChI=1S/C49H82N18O6/c1-29(2)22-38(43(50)69)60-25-31(12-10-20-58-46(52)53)63-42(68)28-67(49(73)57-6)27-33-18-19-35-36(15-9-16-37(35)62-33)41-17-8-14-34(66(41)7)24-40(65-48(72)56-5)45(71)64-32(13-11-21-59-47(54)55)26-61-39(44(51)70)23-30(3)4/h8-9,14-19,29-32,34,38-40,60-61H,10-13,20-28H2,1-7H3,(H2,50,69)(H2,51,70)(H,57,73)(H,63,68)(H,64,71)(H4,52,53,58)(H4,54,55,59)(H2,56,65,72)/t31-,32-,34?,38-,39-,40-/m0/s1. The average Bonchev–Trinajstić information content (AvgIpc) is 3.32. The number of nitrogens with one attached hydrogen (secondary N) is 11. The van der Waals surface area contributed by atoms with E-state index in [9.17, 15) is 28.8 Å². The molecule has 73 heavy (non-hydrogen) atoms. The lowest BCUT2D eigenvalue weighted by Gasteiger charge is -2.35. The third-order valence-corrected chi connectivity index (χ3v) is 12.2. The summed E-state index contributed by atoms with van der Waals surface area (Å²) in [5.74, 6) is -1.80. The fourth-order valence-corrected chi connectivity index (χ4v) is 8.44. The zero-order valence-corrected chi connectivity index (χ0v) is 43.5. The smallest absolute Gasteiger partial charge is 0.317 e. The minimum absolute atomic E-state index is 0.00193. The molecule has 404 valence electrons. The predicted molar refractivity (Wildman–Crippen MR) is 284 cm³/mol. The van der Waals surface area contributed by atoms with Crippen LogP contribution in [0.3, 0.4) is 0 Å². The zero-order valence-electron chi connectivity index (χ0n) is 43.5. The fourth-order valence-electron chi connectivity index (χ4n) is 8.44. The number of rotatable bonds is 31. The molecule has 1 aliphatic rings. The number of benzene rings is 1. The number of primary amides is 2. The highest BCUT2D eigenvalue weighted by Crippen LogP contribution is 2.31. The maximum Gasteiger partial charge on any atom is 0.317 e. The average molecular weight is 1020 g/mol. The van der Waals surface area contributed by atoms with E-state index >= 15 is 0 Å². The second-order valence-corrected chi connectivity index (χ2v) is 19.1. The molecule has 24 heteroatoms. The highest BCUT2D eigenvalue weighted by atomic mass is 16.2. The molecular formula is C49H82N18O6. The number of aromatic nitrogens is 1. The number of amides is 8. The maximum absolute atomic E-state index is 14.2. The number of hydrogen-bond donors (Lipinski definition) is 15. The van der Waals surface area contributed by atoms with Crippen LogP contribution in [0.15, 0.2) is 48.6 Å². The summed E-state index contributed by atoms with van der Waals surface area (Å²) < 4.78 is 0. The van der Waals surface area contributed by atoms with Crippen LogP contribution in [0.25, 0.3) is 16.6 Å². The monoisotopic (exact) mass is 1020 g/mol. The first kappa shape index (κ1) is 60.1. The van der Waals surface area contributed by atoms with E-state index in [1.807, 2.05) is 82.1 Å². The molecule has 1 aromatic heterocycles. The lowest BCUT2D eigenvalue weighted by Crippen LogP contribution is -2.56. The van der Waals surface area contributed by atoms with Gasteiger partial charge >= 0.3 is 12.1 Å². The van der Waals surface area contributed by atoms with Gasteiger partial charge in [-0.3, -0.25) is 35.0 Å². The number of nitrogens with zero attached hydrogens (tertiary/aromatic N) is 3. The van der Waals surface area contributed by atoms with Crippen molar-refractivity contribution in [2.75, 3.05) is 53.9 Å². The SMILES string of the molecule is CNC(=O)N[C@@H](CC1C=CC=C(c2cccc3nc(CN(CC(=O)N[C@@H](CCCNC(=N)N)CN[C@@H](CC(C)C)C(N)=O)C(=O)NC)ccc23)N1C)C(=O)N[C@@H](CCCNC(=N)N)CN[C@@H](CC(C)C)C(N)=O. The Morgan fingerprint density at radius 2 is 1.33 bits per heavy atom. The molecular weight excluding hydrogens is 937 g/mol. The van der Waals surface area contributed by atoms with E-state index in [2.05, 4.69) is 47.9 Å². The van der Waals surface area contributed by atoms with Crippen molar-refractivity contribution in [3.63, 3.8) is 0 Å². The second kappa shape index (κ2) is 30.6. The highest BCUT2D eigenvalue weighted by Gasteiger charge is 2.31. The zero-order chi connectivity index (χ0) is 54.2. The summed E-state index contributed by atoms with van der Waals surface area (Å²) in [6.45, 7) is 8.91. The van der Waals surface area contributed by atoms with E-state index in [-0.39, 0.29) is 62.4 Å². The topological polar surface area (TPSA) is 382 Å². The molecule has 24 nitrogen and oxygen atoms in total. The second-order valence-electron chi connectivity index (χ2n) is 19.1. The van der Waals surface area contributed by atoms with E-state index in [0.717, 1.165) is 16.6 Å². The summed E-state index contributed by atoms with van der Waals surface area (Å²) in [6, 6.07) is 4.91. The maximum atomic E-state index is 14.2. The summed E-state index contributed by atoms with van der Waals surface area (Å²) in [4.78, 5) is 86.5. The quantitative estimate of drug-likeness (QED) is 0.0263. The van der Waals surface area contributed by atoms with Crippen molar-refractivity contribution in [3.05, 3.63) is 59.8 Å². The number of guanidine groups is 2. The number of fused-ring (bicyclic) bond motifs is 1. The number of nitrogens with two attached hydrogens (primary N) is 4. The number of urea groups is 2. The molecule has 0 aliphatic carbocycles. The largest absolute Gasteiger partial charge is 0.370 e. The summed E-state index contributed by atoms with van der Waals surface area (Å²) >= 11 is 0. The molecule has 1 unspecified atom stereocenters. The molecule has 1 aliphatic heterocycles. The molecule has 0 spiro atoms. The number of carbonyl (C=O) groups excluding carboxylic acids is 6. The van der Waals surface area contributed by atoms with Gasteiger partial charge in [-0.2, -0.15) is 0 Å². The van der Waals surface area contributed by atoms with Crippen molar-refractivity contribution < 1.29 is 28.8 Å². The van der Waals surface area contributed by atoms with E-state index < -0.39 is 65.9 Å². The van der Waals surface area contributed by atoms with Crippen LogP contribution in [-0.2, 0) is 25.7 Å². The van der Waals surface area contributed by atoms with Crippen LogP contribution in [0.4, 0.5) is 9.59 Å². The number of hydrogen-bond acceptors (Lipinski definition) is 12. The number of likely N-dealkylation sites (N-methyl/N-ethyl adjacent to an activating group) is 1. The Morgan fingerprint density at radius 3 is 1.85 bits per heavy atom. The summed E-state index contributed by atoms with van der Waals surface area (Å²) in [5, 5.41) is 41.7. The Hall–Kier alpha value is -7.21. The molecule has 0 saturated heterocycles. The third-order valence-electron chi connectivity index (χ3n) is 12.2. The highest BCUT2D eigenvalue weighted by molar-refractivity contribution is 5.92. The van der Waals surface area contributed by atoms with Gasteiger partial charge in [0.15, 0.2) is 11.9 Å². The molecule has 8 amide bonds. The van der Waals surface area contributed by atoms with Gasteiger partial charge in [0, 0.05) is 88.5 Å². The van der Waals surface area contributed by atoms with Gasteiger partial charge in [0.1, 0.15) is 12.6 Å². The van der Waals surface area contributed by atoms with Crippen LogP contribution in [0.2, 0.25) is 0 Å². The van der Waals surface area contributed by atoms with E-state index in [1.54, 1.807) is 6.07 Å². The van der Waals surface area contributed by atoms with Crippen LogP contribution in [0.1, 0.15) is 83.9 Å². The van der Waals surface area contributed by atoms with Gasteiger partial charge in [0.2, 0.25) is 23.6 Å². The van der Waals surface area contributed by atoms with Gasteiger partial charge in [-0.1, -0.05) is 58.0 Å². The molecule has 0 radical (unpaired) electrons. The summed E-state index contributed by atoms with van der Waals surface area (Å²) in [6.07, 6.45) is 9.06. The minimum atomic E-state index is -0.986. The van der Waals surface area contributed by atoms with Crippen molar-refractivity contribution in [2.45, 2.75) is 115 Å². The van der Waals surface area contributed by atoms with E-state index in [4.69, 9.17) is 38.7 Å². The Morgan fingerprint density at radius 1 is 0.753 bits per heavy atom. The number of carbonyl (C=O) groups is 6. The Bertz CT molecular complexity index is 2250. The molecule has 2 heterocycles. The first-order valence-electron chi connectivity index (χ1n) is 24.9. The van der Waals surface area contributed by atoms with Gasteiger partial charge in [-0.25, -0.2) is 9.59 Å². The van der Waals surface area contributed by atoms with Crippen molar-refractivity contribution in [2.24, 2.45) is 34.8 Å². The molecule has 19 N–H and O–H groups in total. The van der Waals surface area contributed by atoms with E-state index in [0.29, 0.717) is 62.8 Å². The van der Waals surface area contributed by atoms with Crippen molar-refractivity contribution in [3.8, 4) is 0 Å². The van der Waals surface area contributed by atoms with Crippen LogP contribution in [0.5, 0.6) is 0 Å². The van der Waals surface area contributed by atoms with Crippen LogP contribution >= 0.6 is 0 Å². The first-order chi connectivity index (χ1) is 34.6. The molecule has 0 fully saturated rings. The fraction of sp³-hybridized carbons (Fsp3) is 0.571. The summed E-state index contributed by atoms with van der Waals surface area (Å²) in [5.41, 5.74) is 25.1. The predicted octanol–water partition coefficient (Wildman–Crippen LogP) is -0.250. The minimum Gasteiger partial charge on any atom is -0.370 e. The van der Waals surface area contributed by atoms with Gasteiger partial charge in [-0.05, 0) is 68.6 Å². The third kappa shape index (κ3) is 21.2. The summed E-state index contributed by atoms with van der Waals surface area (Å²) in [7, 11) is 4.85. The molecule has 0 saturated carbocycles. The number of allylic oxidation sites excluding steroid dienone is 2. The van der Waals surface area contributed by atoms with Crippen LogP contribution in [0, 0.1) is 22.7 Å². The Balaban J connectivity index is 1.82. The van der Waals surface area contributed by atoms with Crippen LogP contribution < -0.4 is 70.8 Å². The lowest BCUT2D eigenvalue weighted by atomic mass is 9.96. The van der Waals surface area contributed by atoms with Crippen molar-refractivity contribution in [1.29, 1.82) is 10.8 Å². The molecule has 1 aromatic carbocycles. The van der Waals surface area contributed by atoms with Crippen molar-refractivity contribution in [1.82, 2.24) is 62.6 Å². The number of pyridine rings is 1. The Kier molecular flexibility index (Phi) is 25.2. The molecule has 3 rings (SSSR count). The molecule has 2 aromatic rings. The Labute approximate surface area is 429 Å². The van der Waals surface area contributed by atoms with Crippen molar-refractivity contribution >= 4 is 64.2 Å². The normalized spacial score (nSPS) is 15.3. The van der Waals surface area contributed by atoms with E-state index in [1.165, 1.54) is 19.0 Å². The van der Waals surface area contributed by atoms with Gasteiger partial charge < -0.3 is 80.6 Å². The lowest BCUT2D eigenvalue weighted by molar-refractivity contribution is -0.124. The van der Waals surface area contributed by atoms with Crippen LogP contribution in [-0.4, -0.2) is 153 Å². The van der Waals surface area contributed by atoms with Gasteiger partial charge in [-0.15, -0.1) is 0 Å². The molecule has 0 bridgehead atoms. The van der Waals surface area contributed by atoms with Gasteiger partial charge in [0.05, 0.1) is 29.8 Å². The molecule has 6 atom stereocenters. The first-order valence-corrected chi connectivity index (χ1v) is 24.9. The van der Waals surface area contributed by atoms with Gasteiger partial charge in [0.25, 0.3) is 0 Å².